The highest BCUT2D eigenvalue weighted by Crippen LogP contribution is 2.43. The van der Waals surface area contributed by atoms with Crippen molar-refractivity contribution in [2.75, 3.05) is 0 Å². The summed E-state index contributed by atoms with van der Waals surface area (Å²) in [6.07, 6.45) is 9.01. The molecule has 0 bridgehead atoms. The molecule has 31 heavy (non-hydrogen) atoms. The third-order valence-corrected chi connectivity index (χ3v) is 7.26. The minimum Gasteiger partial charge on any atom is -0.489 e. The SMILES string of the molecule is CCCCCCC(C)(C)c1ccc([C@H]2C[C@H](O)CC[C@H]2C)c(OCc2ccccc2)c1. The lowest BCUT2D eigenvalue weighted by molar-refractivity contribution is 0.0971. The standard InChI is InChI=1S/C29H42O2/c1-5-6-7-11-18-29(3,4)24-15-17-26(27-20-25(30)16-14-22(27)2)28(19-24)31-21-23-12-9-8-10-13-23/h8-10,12-13,15,17,19,22,25,27,30H,5-7,11,14,16,18,20-21H2,1-4H3/t22-,25-,27+/m1/s1. The van der Waals surface area contributed by atoms with E-state index in [4.69, 9.17) is 4.74 Å². The summed E-state index contributed by atoms with van der Waals surface area (Å²) in [7, 11) is 0. The largest absolute Gasteiger partial charge is 0.489 e. The van der Waals surface area contributed by atoms with Gasteiger partial charge in [-0.15, -0.1) is 0 Å². The molecule has 0 amide bonds. The van der Waals surface area contributed by atoms with Crippen LogP contribution in [0, 0.1) is 5.92 Å². The second-order valence-corrected chi connectivity index (χ2v) is 10.3. The number of hydrogen-bond acceptors (Lipinski definition) is 2. The normalized spacial score (nSPS) is 21.8. The quantitative estimate of drug-likeness (QED) is 0.396. The number of aliphatic hydroxyl groups excluding tert-OH is 1. The van der Waals surface area contributed by atoms with Crippen molar-refractivity contribution in [3.63, 3.8) is 0 Å². The second-order valence-electron chi connectivity index (χ2n) is 10.3. The maximum absolute atomic E-state index is 10.3. The molecule has 3 atom stereocenters. The third-order valence-electron chi connectivity index (χ3n) is 7.26. The number of aliphatic hydroxyl groups is 1. The Morgan fingerprint density at radius 3 is 2.52 bits per heavy atom. The first-order valence-electron chi connectivity index (χ1n) is 12.4. The predicted molar refractivity (Wildman–Crippen MR) is 131 cm³/mol. The molecule has 0 aliphatic heterocycles. The summed E-state index contributed by atoms with van der Waals surface area (Å²) in [6, 6.07) is 17.3. The molecule has 1 aliphatic carbocycles. The molecule has 0 unspecified atom stereocenters. The Hall–Kier alpha value is -1.80. The van der Waals surface area contributed by atoms with Gasteiger partial charge in [-0.05, 0) is 65.7 Å². The van der Waals surface area contributed by atoms with E-state index < -0.39 is 0 Å². The molecule has 170 valence electrons. The zero-order valence-corrected chi connectivity index (χ0v) is 20.1. The van der Waals surface area contributed by atoms with Gasteiger partial charge in [0.05, 0.1) is 6.10 Å². The van der Waals surface area contributed by atoms with Crippen LogP contribution in [0.15, 0.2) is 48.5 Å². The van der Waals surface area contributed by atoms with Gasteiger partial charge in [0.25, 0.3) is 0 Å². The zero-order chi connectivity index (χ0) is 22.3. The lowest BCUT2D eigenvalue weighted by atomic mass is 9.73. The molecule has 2 aromatic rings. The highest BCUT2D eigenvalue weighted by atomic mass is 16.5. The Morgan fingerprint density at radius 2 is 1.77 bits per heavy atom. The number of ether oxygens (including phenoxy) is 1. The molecule has 1 fully saturated rings. The number of benzene rings is 2. The van der Waals surface area contributed by atoms with Crippen LogP contribution >= 0.6 is 0 Å². The number of hydrogen-bond donors (Lipinski definition) is 1. The van der Waals surface area contributed by atoms with Gasteiger partial charge in [-0.3, -0.25) is 0 Å². The van der Waals surface area contributed by atoms with Crippen LogP contribution in [0.1, 0.15) is 102 Å². The van der Waals surface area contributed by atoms with E-state index in [1.165, 1.54) is 48.8 Å². The maximum Gasteiger partial charge on any atom is 0.123 e. The van der Waals surface area contributed by atoms with Crippen molar-refractivity contribution < 1.29 is 9.84 Å². The molecular weight excluding hydrogens is 380 g/mol. The summed E-state index contributed by atoms with van der Waals surface area (Å²) >= 11 is 0. The fourth-order valence-electron chi connectivity index (χ4n) is 4.99. The van der Waals surface area contributed by atoms with E-state index >= 15 is 0 Å². The van der Waals surface area contributed by atoms with Crippen LogP contribution in [0.3, 0.4) is 0 Å². The fraction of sp³-hybridized carbons (Fsp3) is 0.586. The Bertz CT molecular complexity index is 796. The monoisotopic (exact) mass is 422 g/mol. The van der Waals surface area contributed by atoms with Gasteiger partial charge in [0.1, 0.15) is 12.4 Å². The van der Waals surface area contributed by atoms with Crippen LogP contribution in [0.25, 0.3) is 0 Å². The fourth-order valence-corrected chi connectivity index (χ4v) is 4.99. The van der Waals surface area contributed by atoms with Gasteiger partial charge >= 0.3 is 0 Å². The smallest absolute Gasteiger partial charge is 0.123 e. The van der Waals surface area contributed by atoms with Gasteiger partial charge in [0, 0.05) is 0 Å². The average Bonchev–Trinajstić information content (AvgIpc) is 2.77. The molecule has 0 aromatic heterocycles. The summed E-state index contributed by atoms with van der Waals surface area (Å²) in [5.74, 6) is 1.93. The van der Waals surface area contributed by atoms with Crippen molar-refractivity contribution in [3.8, 4) is 5.75 Å². The first-order chi connectivity index (χ1) is 14.9. The highest BCUT2D eigenvalue weighted by Gasteiger charge is 2.31. The number of rotatable bonds is 10. The molecule has 0 saturated heterocycles. The van der Waals surface area contributed by atoms with Crippen molar-refractivity contribution in [1.29, 1.82) is 0 Å². The molecule has 0 heterocycles. The van der Waals surface area contributed by atoms with Crippen LogP contribution in [0.2, 0.25) is 0 Å². The number of unbranched alkanes of at least 4 members (excludes halogenated alkanes) is 3. The molecule has 3 rings (SSSR count). The van der Waals surface area contributed by atoms with E-state index in [-0.39, 0.29) is 11.5 Å². The first-order valence-corrected chi connectivity index (χ1v) is 12.4. The summed E-state index contributed by atoms with van der Waals surface area (Å²) < 4.78 is 6.46. The van der Waals surface area contributed by atoms with Crippen LogP contribution in [0.5, 0.6) is 5.75 Å². The van der Waals surface area contributed by atoms with Gasteiger partial charge in [0.2, 0.25) is 0 Å². The van der Waals surface area contributed by atoms with E-state index in [9.17, 15) is 5.11 Å². The second kappa shape index (κ2) is 11.2. The predicted octanol–water partition coefficient (Wildman–Crippen LogP) is 7.78. The van der Waals surface area contributed by atoms with E-state index in [1.54, 1.807) is 0 Å². The molecule has 0 radical (unpaired) electrons. The molecule has 2 nitrogen and oxygen atoms in total. The zero-order valence-electron chi connectivity index (χ0n) is 20.1. The summed E-state index contributed by atoms with van der Waals surface area (Å²) in [4.78, 5) is 0. The Balaban J connectivity index is 1.85. The van der Waals surface area contributed by atoms with Crippen molar-refractivity contribution >= 4 is 0 Å². The lowest BCUT2D eigenvalue weighted by Gasteiger charge is -2.34. The van der Waals surface area contributed by atoms with Crippen LogP contribution in [-0.4, -0.2) is 11.2 Å². The van der Waals surface area contributed by atoms with Crippen LogP contribution in [-0.2, 0) is 12.0 Å². The Labute approximate surface area is 190 Å². The van der Waals surface area contributed by atoms with Gasteiger partial charge in [-0.25, -0.2) is 0 Å². The van der Waals surface area contributed by atoms with E-state index in [0.717, 1.165) is 25.0 Å². The molecule has 1 saturated carbocycles. The summed E-state index contributed by atoms with van der Waals surface area (Å²) in [5.41, 5.74) is 3.95. The Morgan fingerprint density at radius 1 is 1.00 bits per heavy atom. The molecule has 1 N–H and O–H groups in total. The minimum atomic E-state index is -0.196. The van der Waals surface area contributed by atoms with E-state index in [2.05, 4.69) is 70.2 Å². The summed E-state index contributed by atoms with van der Waals surface area (Å²) in [5, 5.41) is 10.3. The molecule has 0 spiro atoms. The van der Waals surface area contributed by atoms with Crippen molar-refractivity contribution in [2.24, 2.45) is 5.92 Å². The van der Waals surface area contributed by atoms with E-state index in [1.807, 2.05) is 6.07 Å². The first kappa shape index (κ1) is 23.9. The van der Waals surface area contributed by atoms with Crippen molar-refractivity contribution in [3.05, 3.63) is 65.2 Å². The van der Waals surface area contributed by atoms with E-state index in [0.29, 0.717) is 18.4 Å². The molecular formula is C29H42O2. The third kappa shape index (κ3) is 6.59. The van der Waals surface area contributed by atoms with Crippen molar-refractivity contribution in [2.45, 2.75) is 103 Å². The van der Waals surface area contributed by atoms with Crippen molar-refractivity contribution in [1.82, 2.24) is 0 Å². The lowest BCUT2D eigenvalue weighted by Crippen LogP contribution is -2.25. The molecule has 2 heteroatoms. The molecule has 2 aromatic carbocycles. The van der Waals surface area contributed by atoms with Crippen LogP contribution < -0.4 is 4.74 Å². The van der Waals surface area contributed by atoms with Gasteiger partial charge in [-0.2, -0.15) is 0 Å². The molecule has 1 aliphatic rings. The van der Waals surface area contributed by atoms with Gasteiger partial charge in [0.15, 0.2) is 0 Å². The van der Waals surface area contributed by atoms with Gasteiger partial charge in [-0.1, -0.05) is 95.8 Å². The minimum absolute atomic E-state index is 0.134. The van der Waals surface area contributed by atoms with Gasteiger partial charge < -0.3 is 9.84 Å². The topological polar surface area (TPSA) is 29.5 Å². The maximum atomic E-state index is 10.3. The summed E-state index contributed by atoms with van der Waals surface area (Å²) in [6.45, 7) is 9.90. The Kier molecular flexibility index (Phi) is 8.60. The average molecular weight is 423 g/mol. The highest BCUT2D eigenvalue weighted by molar-refractivity contribution is 5.43. The van der Waals surface area contributed by atoms with Crippen LogP contribution in [0.4, 0.5) is 0 Å².